The van der Waals surface area contributed by atoms with Crippen molar-refractivity contribution in [3.05, 3.63) is 29.6 Å². The predicted octanol–water partition coefficient (Wildman–Crippen LogP) is 2.74. The van der Waals surface area contributed by atoms with E-state index in [-0.39, 0.29) is 11.7 Å². The number of hydrogen-bond acceptors (Lipinski definition) is 2. The summed E-state index contributed by atoms with van der Waals surface area (Å²) in [5.41, 5.74) is 0.308. The first kappa shape index (κ1) is 14.0. The number of ether oxygens (including phenoxy) is 1. The van der Waals surface area contributed by atoms with Gasteiger partial charge in [-0.3, -0.25) is 4.79 Å². The number of hydrogen-bond donors (Lipinski definition) is 1. The molecule has 5 heteroatoms. The van der Waals surface area contributed by atoms with Crippen molar-refractivity contribution in [3.63, 3.8) is 0 Å². The Kier molecular flexibility index (Phi) is 5.97. The van der Waals surface area contributed by atoms with Gasteiger partial charge in [-0.15, -0.1) is 0 Å². The second-order valence-electron chi connectivity index (χ2n) is 3.50. The first-order valence-electron chi connectivity index (χ1n) is 5.36. The molecule has 0 unspecified atom stereocenters. The Balaban J connectivity index is 2.54. The molecule has 0 aliphatic heterocycles. The van der Waals surface area contributed by atoms with Crippen LogP contribution in [0.3, 0.4) is 0 Å². The average molecular weight is 304 g/mol. The quantitative estimate of drug-likeness (QED) is 0.648. The van der Waals surface area contributed by atoms with E-state index in [9.17, 15) is 9.18 Å². The molecule has 1 aromatic carbocycles. The summed E-state index contributed by atoms with van der Waals surface area (Å²) in [5, 5.41) is 3.65. The number of amides is 1. The summed E-state index contributed by atoms with van der Waals surface area (Å²) in [5.74, 6) is -0.650. The van der Waals surface area contributed by atoms with Gasteiger partial charge in [0.2, 0.25) is 0 Å². The van der Waals surface area contributed by atoms with Crippen molar-refractivity contribution in [2.45, 2.75) is 12.8 Å². The van der Waals surface area contributed by atoms with Crippen LogP contribution in [0.5, 0.6) is 5.75 Å². The fourth-order valence-electron chi connectivity index (χ4n) is 1.33. The lowest BCUT2D eigenvalue weighted by molar-refractivity contribution is 0.0952. The number of alkyl halides is 1. The van der Waals surface area contributed by atoms with Gasteiger partial charge in [-0.05, 0) is 31.0 Å². The third-order valence-electron chi connectivity index (χ3n) is 2.26. The molecule has 0 spiro atoms. The van der Waals surface area contributed by atoms with Crippen LogP contribution in [0, 0.1) is 5.82 Å². The topological polar surface area (TPSA) is 38.3 Å². The van der Waals surface area contributed by atoms with E-state index in [1.807, 2.05) is 0 Å². The molecule has 1 amide bonds. The standard InChI is InChI=1S/C12H15BrFNO2/c1-17-11-5-4-9(8-10(11)14)12(16)15-7-3-2-6-13/h4-5,8H,2-3,6-7H2,1H3,(H,15,16). The lowest BCUT2D eigenvalue weighted by Gasteiger charge is -2.06. The van der Waals surface area contributed by atoms with Crippen LogP contribution in [0.1, 0.15) is 23.2 Å². The van der Waals surface area contributed by atoms with Crippen molar-refractivity contribution >= 4 is 21.8 Å². The maximum atomic E-state index is 13.3. The van der Waals surface area contributed by atoms with Gasteiger partial charge in [-0.2, -0.15) is 0 Å². The molecule has 1 aromatic rings. The van der Waals surface area contributed by atoms with Crippen LogP contribution < -0.4 is 10.1 Å². The zero-order chi connectivity index (χ0) is 12.7. The second kappa shape index (κ2) is 7.27. The second-order valence-corrected chi connectivity index (χ2v) is 4.29. The van der Waals surface area contributed by atoms with Crippen molar-refractivity contribution in [1.82, 2.24) is 5.32 Å². The first-order chi connectivity index (χ1) is 8.19. The number of benzene rings is 1. The molecule has 0 aromatic heterocycles. The highest BCUT2D eigenvalue weighted by Crippen LogP contribution is 2.17. The third kappa shape index (κ3) is 4.34. The van der Waals surface area contributed by atoms with Gasteiger partial charge in [0.25, 0.3) is 5.91 Å². The molecule has 0 heterocycles. The number of halogens is 2. The van der Waals surface area contributed by atoms with Crippen molar-refractivity contribution in [1.29, 1.82) is 0 Å². The third-order valence-corrected chi connectivity index (χ3v) is 2.82. The Bertz CT molecular complexity index is 385. The molecule has 0 atom stereocenters. The average Bonchev–Trinajstić information content (AvgIpc) is 2.34. The highest BCUT2D eigenvalue weighted by molar-refractivity contribution is 9.09. The number of methoxy groups -OCH3 is 1. The van der Waals surface area contributed by atoms with E-state index in [4.69, 9.17) is 4.74 Å². The summed E-state index contributed by atoms with van der Waals surface area (Å²) in [4.78, 5) is 11.6. The maximum absolute atomic E-state index is 13.3. The van der Waals surface area contributed by atoms with E-state index >= 15 is 0 Å². The fourth-order valence-corrected chi connectivity index (χ4v) is 1.73. The molecule has 0 radical (unpaired) electrons. The van der Waals surface area contributed by atoms with Crippen LogP contribution in [0.15, 0.2) is 18.2 Å². The van der Waals surface area contributed by atoms with E-state index in [1.54, 1.807) is 6.07 Å². The first-order valence-corrected chi connectivity index (χ1v) is 6.49. The van der Waals surface area contributed by atoms with Crippen molar-refractivity contribution in [2.75, 3.05) is 19.0 Å². The number of carbonyl (C=O) groups is 1. The summed E-state index contributed by atoms with van der Waals surface area (Å²) in [6.45, 7) is 0.595. The van der Waals surface area contributed by atoms with Crippen LogP contribution in [0.25, 0.3) is 0 Å². The van der Waals surface area contributed by atoms with Crippen LogP contribution >= 0.6 is 15.9 Å². The minimum atomic E-state index is -0.527. The van der Waals surface area contributed by atoms with Gasteiger partial charge in [0, 0.05) is 17.4 Å². The summed E-state index contributed by atoms with van der Waals surface area (Å²) in [7, 11) is 1.39. The number of nitrogens with one attached hydrogen (secondary N) is 1. The van der Waals surface area contributed by atoms with Crippen LogP contribution in [-0.2, 0) is 0 Å². The molecule has 3 nitrogen and oxygen atoms in total. The van der Waals surface area contributed by atoms with E-state index in [2.05, 4.69) is 21.2 Å². The SMILES string of the molecule is COc1ccc(C(=O)NCCCCBr)cc1F. The molecule has 0 saturated carbocycles. The van der Waals surface area contributed by atoms with E-state index in [1.165, 1.54) is 19.2 Å². The number of carbonyl (C=O) groups excluding carboxylic acids is 1. The fraction of sp³-hybridized carbons (Fsp3) is 0.417. The Morgan fingerprint density at radius 1 is 1.47 bits per heavy atom. The van der Waals surface area contributed by atoms with Gasteiger partial charge >= 0.3 is 0 Å². The summed E-state index contributed by atoms with van der Waals surface area (Å²) in [6.07, 6.45) is 1.90. The van der Waals surface area contributed by atoms with Crippen molar-refractivity contribution in [2.24, 2.45) is 0 Å². The Hall–Kier alpha value is -1.10. The van der Waals surface area contributed by atoms with Crippen LogP contribution in [-0.4, -0.2) is 24.9 Å². The van der Waals surface area contributed by atoms with Gasteiger partial charge in [0.15, 0.2) is 11.6 Å². The molecule has 17 heavy (non-hydrogen) atoms. The molecule has 0 bridgehead atoms. The monoisotopic (exact) mass is 303 g/mol. The van der Waals surface area contributed by atoms with Gasteiger partial charge in [-0.25, -0.2) is 4.39 Å². The molecule has 0 aliphatic carbocycles. The normalized spacial score (nSPS) is 10.1. The molecule has 0 saturated heterocycles. The summed E-state index contributed by atoms with van der Waals surface area (Å²) >= 11 is 3.31. The molecule has 1 N–H and O–H groups in total. The maximum Gasteiger partial charge on any atom is 0.251 e. The van der Waals surface area contributed by atoms with Crippen molar-refractivity contribution < 1.29 is 13.9 Å². The summed E-state index contributed by atoms with van der Waals surface area (Å²) in [6, 6.07) is 4.17. The Morgan fingerprint density at radius 2 is 2.24 bits per heavy atom. The number of unbranched alkanes of at least 4 members (excludes halogenated alkanes) is 1. The number of rotatable bonds is 6. The lowest BCUT2D eigenvalue weighted by atomic mass is 10.2. The minimum absolute atomic E-state index is 0.140. The minimum Gasteiger partial charge on any atom is -0.494 e. The molecule has 1 rings (SSSR count). The highest BCUT2D eigenvalue weighted by Gasteiger charge is 2.09. The molecule has 0 fully saturated rings. The zero-order valence-electron chi connectivity index (χ0n) is 9.63. The smallest absolute Gasteiger partial charge is 0.251 e. The molecular formula is C12H15BrFNO2. The Labute approximate surface area is 108 Å². The largest absolute Gasteiger partial charge is 0.494 e. The van der Waals surface area contributed by atoms with E-state index in [0.29, 0.717) is 12.1 Å². The van der Waals surface area contributed by atoms with Gasteiger partial charge in [0.05, 0.1) is 7.11 Å². The van der Waals surface area contributed by atoms with Gasteiger partial charge in [0.1, 0.15) is 0 Å². The van der Waals surface area contributed by atoms with Crippen LogP contribution in [0.4, 0.5) is 4.39 Å². The van der Waals surface area contributed by atoms with E-state index in [0.717, 1.165) is 18.2 Å². The lowest BCUT2D eigenvalue weighted by Crippen LogP contribution is -2.24. The van der Waals surface area contributed by atoms with Crippen LogP contribution in [0.2, 0.25) is 0 Å². The summed E-state index contributed by atoms with van der Waals surface area (Å²) < 4.78 is 18.1. The van der Waals surface area contributed by atoms with Gasteiger partial charge in [-0.1, -0.05) is 15.9 Å². The molecule has 0 aliphatic rings. The highest BCUT2D eigenvalue weighted by atomic mass is 79.9. The van der Waals surface area contributed by atoms with Crippen molar-refractivity contribution in [3.8, 4) is 5.75 Å². The predicted molar refractivity (Wildman–Crippen MR) is 68.3 cm³/mol. The van der Waals surface area contributed by atoms with E-state index < -0.39 is 5.82 Å². The molecule has 94 valence electrons. The zero-order valence-corrected chi connectivity index (χ0v) is 11.2. The van der Waals surface area contributed by atoms with Gasteiger partial charge < -0.3 is 10.1 Å². The Morgan fingerprint density at radius 3 is 2.82 bits per heavy atom. The molecular weight excluding hydrogens is 289 g/mol.